The SMILES string of the molecule is Cc1ncc(Cl)cc1S(=O)(=O)N1CCCc2cccc(O)c21. The third-order valence-corrected chi connectivity index (χ3v) is 5.85. The van der Waals surface area contributed by atoms with E-state index in [1.54, 1.807) is 13.0 Å². The summed E-state index contributed by atoms with van der Waals surface area (Å²) in [4.78, 5) is 4.08. The monoisotopic (exact) mass is 338 g/mol. The van der Waals surface area contributed by atoms with E-state index in [-0.39, 0.29) is 15.7 Å². The number of sulfonamides is 1. The quantitative estimate of drug-likeness (QED) is 0.914. The molecule has 1 N–H and O–H groups in total. The zero-order valence-electron chi connectivity index (χ0n) is 12.0. The normalized spacial score (nSPS) is 14.7. The van der Waals surface area contributed by atoms with Crippen molar-refractivity contribution in [2.45, 2.75) is 24.7 Å². The molecule has 0 aliphatic carbocycles. The molecule has 1 aromatic heterocycles. The van der Waals surface area contributed by atoms with Gasteiger partial charge in [0, 0.05) is 12.7 Å². The lowest BCUT2D eigenvalue weighted by molar-refractivity contribution is 0.472. The Balaban J connectivity index is 2.18. The first-order valence-electron chi connectivity index (χ1n) is 6.87. The lowest BCUT2D eigenvalue weighted by atomic mass is 10.0. The van der Waals surface area contributed by atoms with Crippen LogP contribution >= 0.6 is 11.6 Å². The van der Waals surface area contributed by atoms with Crippen LogP contribution in [0, 0.1) is 6.92 Å². The Bertz CT molecular complexity index is 837. The molecule has 2 aromatic rings. The van der Waals surface area contributed by atoms with Gasteiger partial charge in [-0.05, 0) is 37.5 Å². The molecule has 1 aliphatic rings. The van der Waals surface area contributed by atoms with E-state index in [9.17, 15) is 13.5 Å². The first-order valence-corrected chi connectivity index (χ1v) is 8.69. The molecule has 0 fully saturated rings. The van der Waals surface area contributed by atoms with Gasteiger partial charge >= 0.3 is 0 Å². The van der Waals surface area contributed by atoms with E-state index in [0.717, 1.165) is 12.0 Å². The lowest BCUT2D eigenvalue weighted by Gasteiger charge is -2.31. The molecule has 0 radical (unpaired) electrons. The maximum absolute atomic E-state index is 13.0. The fourth-order valence-corrected chi connectivity index (χ4v) is 4.68. The summed E-state index contributed by atoms with van der Waals surface area (Å²) in [6.07, 6.45) is 2.85. The zero-order chi connectivity index (χ0) is 15.9. The van der Waals surface area contributed by atoms with Crippen LogP contribution in [-0.4, -0.2) is 25.1 Å². The van der Waals surface area contributed by atoms with Gasteiger partial charge < -0.3 is 5.11 Å². The Morgan fingerprint density at radius 1 is 1.36 bits per heavy atom. The topological polar surface area (TPSA) is 70.5 Å². The van der Waals surface area contributed by atoms with Gasteiger partial charge in [-0.15, -0.1) is 0 Å². The van der Waals surface area contributed by atoms with E-state index in [2.05, 4.69) is 4.98 Å². The molecule has 116 valence electrons. The Morgan fingerprint density at radius 2 is 2.14 bits per heavy atom. The summed E-state index contributed by atoms with van der Waals surface area (Å²) in [7, 11) is -3.82. The molecule has 0 saturated carbocycles. The Morgan fingerprint density at radius 3 is 2.91 bits per heavy atom. The minimum atomic E-state index is -3.82. The van der Waals surface area contributed by atoms with E-state index in [4.69, 9.17) is 11.6 Å². The van der Waals surface area contributed by atoms with Gasteiger partial charge in [0.05, 0.1) is 16.4 Å². The summed E-state index contributed by atoms with van der Waals surface area (Å²) in [6.45, 7) is 1.94. The third-order valence-electron chi connectivity index (χ3n) is 3.73. The molecule has 1 aliphatic heterocycles. The van der Waals surface area contributed by atoms with Crippen molar-refractivity contribution in [1.29, 1.82) is 0 Å². The molecule has 22 heavy (non-hydrogen) atoms. The molecule has 0 saturated heterocycles. The standard InChI is InChI=1S/C15H15ClN2O3S/c1-10-14(8-12(16)9-17-10)22(20,21)18-7-3-5-11-4-2-6-13(19)15(11)18/h2,4,6,8-9,19H,3,5,7H2,1H3. The molecule has 5 nitrogen and oxygen atoms in total. The zero-order valence-corrected chi connectivity index (χ0v) is 13.5. The summed E-state index contributed by atoms with van der Waals surface area (Å²) in [5.74, 6) is -0.0339. The fraction of sp³-hybridized carbons (Fsp3) is 0.267. The molecular formula is C15H15ClN2O3S. The molecule has 2 heterocycles. The Kier molecular flexibility index (Phi) is 3.74. The van der Waals surface area contributed by atoms with E-state index in [0.29, 0.717) is 24.3 Å². The molecule has 0 amide bonds. The van der Waals surface area contributed by atoms with Crippen LogP contribution in [0.1, 0.15) is 17.7 Å². The number of phenolic OH excluding ortho intramolecular Hbond substituents is 1. The highest BCUT2D eigenvalue weighted by Gasteiger charge is 2.32. The smallest absolute Gasteiger partial charge is 0.266 e. The van der Waals surface area contributed by atoms with Crippen molar-refractivity contribution in [3.8, 4) is 5.75 Å². The van der Waals surface area contributed by atoms with Crippen LogP contribution in [0.5, 0.6) is 5.75 Å². The van der Waals surface area contributed by atoms with Crippen LogP contribution in [-0.2, 0) is 16.4 Å². The van der Waals surface area contributed by atoms with Gasteiger partial charge in [0.1, 0.15) is 10.6 Å². The molecule has 1 aromatic carbocycles. The van der Waals surface area contributed by atoms with Gasteiger partial charge in [-0.25, -0.2) is 8.42 Å². The molecule has 3 rings (SSSR count). The molecule has 0 unspecified atom stereocenters. The number of pyridine rings is 1. The second-order valence-corrected chi connectivity index (χ2v) is 7.47. The van der Waals surface area contributed by atoms with Gasteiger partial charge in [-0.3, -0.25) is 9.29 Å². The molecule has 7 heteroatoms. The Hall–Kier alpha value is -1.79. The number of benzene rings is 1. The maximum atomic E-state index is 13.0. The molecule has 0 bridgehead atoms. The molecule has 0 atom stereocenters. The number of anilines is 1. The number of nitrogens with zero attached hydrogens (tertiary/aromatic N) is 2. The lowest BCUT2D eigenvalue weighted by Crippen LogP contribution is -2.36. The van der Waals surface area contributed by atoms with Crippen molar-refractivity contribution in [1.82, 2.24) is 4.98 Å². The van der Waals surface area contributed by atoms with Crippen molar-refractivity contribution in [2.24, 2.45) is 0 Å². The van der Waals surface area contributed by atoms with Crippen LogP contribution in [0.4, 0.5) is 5.69 Å². The van der Waals surface area contributed by atoms with Crippen molar-refractivity contribution >= 4 is 27.3 Å². The number of para-hydroxylation sites is 1. The second-order valence-electron chi connectivity index (χ2n) is 5.20. The van der Waals surface area contributed by atoms with Crippen molar-refractivity contribution in [3.05, 3.63) is 46.7 Å². The summed E-state index contributed by atoms with van der Waals surface area (Å²) in [5, 5.41) is 10.4. The highest BCUT2D eigenvalue weighted by molar-refractivity contribution is 7.92. The summed E-state index contributed by atoms with van der Waals surface area (Å²) < 4.78 is 27.2. The minimum absolute atomic E-state index is 0.0339. The first-order chi connectivity index (χ1) is 10.4. The highest BCUT2D eigenvalue weighted by atomic mass is 35.5. The summed E-state index contributed by atoms with van der Waals surface area (Å²) in [5.41, 5.74) is 1.56. The number of aromatic nitrogens is 1. The van der Waals surface area contributed by atoms with Crippen molar-refractivity contribution < 1.29 is 13.5 Å². The predicted octanol–water partition coefficient (Wildman–Crippen LogP) is 2.89. The van der Waals surface area contributed by atoms with Crippen LogP contribution < -0.4 is 4.31 Å². The van der Waals surface area contributed by atoms with Gasteiger partial charge in [0.25, 0.3) is 10.0 Å². The number of rotatable bonds is 2. The van der Waals surface area contributed by atoms with Crippen LogP contribution in [0.15, 0.2) is 35.4 Å². The van der Waals surface area contributed by atoms with E-state index in [1.165, 1.54) is 22.6 Å². The van der Waals surface area contributed by atoms with Gasteiger partial charge in [0.15, 0.2) is 0 Å². The largest absolute Gasteiger partial charge is 0.506 e. The third kappa shape index (κ3) is 2.42. The highest BCUT2D eigenvalue weighted by Crippen LogP contribution is 2.39. The number of fused-ring (bicyclic) bond motifs is 1. The van der Waals surface area contributed by atoms with Crippen molar-refractivity contribution in [2.75, 3.05) is 10.8 Å². The predicted molar refractivity (Wildman–Crippen MR) is 84.9 cm³/mol. The number of aryl methyl sites for hydroxylation is 2. The average molecular weight is 339 g/mol. The van der Waals surface area contributed by atoms with E-state index in [1.807, 2.05) is 6.07 Å². The number of phenols is 1. The van der Waals surface area contributed by atoms with E-state index < -0.39 is 10.0 Å². The Labute approximate surface area is 134 Å². The van der Waals surface area contributed by atoms with Crippen molar-refractivity contribution in [3.63, 3.8) is 0 Å². The summed E-state index contributed by atoms with van der Waals surface area (Å²) in [6, 6.07) is 6.44. The van der Waals surface area contributed by atoms with Crippen LogP contribution in [0.2, 0.25) is 5.02 Å². The van der Waals surface area contributed by atoms with Crippen LogP contribution in [0.3, 0.4) is 0 Å². The minimum Gasteiger partial charge on any atom is -0.506 e. The van der Waals surface area contributed by atoms with Crippen LogP contribution in [0.25, 0.3) is 0 Å². The second kappa shape index (κ2) is 5.44. The molecular weight excluding hydrogens is 324 g/mol. The van der Waals surface area contributed by atoms with E-state index >= 15 is 0 Å². The number of aromatic hydroxyl groups is 1. The van der Waals surface area contributed by atoms with Gasteiger partial charge in [0.2, 0.25) is 0 Å². The summed E-state index contributed by atoms with van der Waals surface area (Å²) >= 11 is 5.90. The first kappa shape index (κ1) is 15.1. The number of halogens is 1. The number of hydrogen-bond acceptors (Lipinski definition) is 4. The fourth-order valence-electron chi connectivity index (χ4n) is 2.70. The van der Waals surface area contributed by atoms with Gasteiger partial charge in [-0.2, -0.15) is 0 Å². The average Bonchev–Trinajstić information content (AvgIpc) is 2.49. The van der Waals surface area contributed by atoms with Gasteiger partial charge in [-0.1, -0.05) is 23.7 Å². The molecule has 0 spiro atoms. The maximum Gasteiger partial charge on any atom is 0.266 e. The number of hydrogen-bond donors (Lipinski definition) is 1.